The first-order valence-corrected chi connectivity index (χ1v) is 10.7. The second-order valence-corrected chi connectivity index (χ2v) is 7.97. The van der Waals surface area contributed by atoms with Gasteiger partial charge in [-0.15, -0.1) is 0 Å². The highest BCUT2D eigenvalue weighted by Crippen LogP contribution is 2.27. The Balaban J connectivity index is 1.33. The van der Waals surface area contributed by atoms with Gasteiger partial charge in [-0.3, -0.25) is 9.59 Å². The average molecular weight is 408 g/mol. The van der Waals surface area contributed by atoms with Gasteiger partial charge in [0.1, 0.15) is 5.82 Å². The third-order valence-corrected chi connectivity index (χ3v) is 5.92. The van der Waals surface area contributed by atoms with Crippen LogP contribution in [0.15, 0.2) is 42.6 Å². The summed E-state index contributed by atoms with van der Waals surface area (Å²) in [7, 11) is 1.72. The molecular formula is C23H29N5O2. The lowest BCUT2D eigenvalue weighted by Gasteiger charge is -2.27. The molecule has 158 valence electrons. The van der Waals surface area contributed by atoms with Gasteiger partial charge in [-0.05, 0) is 44.0 Å². The molecule has 7 heteroatoms. The number of hydrogen-bond donors (Lipinski definition) is 1. The molecule has 7 nitrogen and oxygen atoms in total. The zero-order valence-corrected chi connectivity index (χ0v) is 17.5. The molecule has 1 fully saturated rings. The van der Waals surface area contributed by atoms with Crippen LogP contribution in [-0.4, -0.2) is 72.9 Å². The molecule has 1 aromatic carbocycles. The van der Waals surface area contributed by atoms with E-state index in [1.165, 1.54) is 5.56 Å². The van der Waals surface area contributed by atoms with Crippen LogP contribution in [-0.2, 0) is 11.2 Å². The Morgan fingerprint density at radius 2 is 1.97 bits per heavy atom. The van der Waals surface area contributed by atoms with Crippen molar-refractivity contribution >= 4 is 23.3 Å². The van der Waals surface area contributed by atoms with Crippen LogP contribution in [0.25, 0.3) is 0 Å². The number of nitrogens with one attached hydrogen (secondary N) is 1. The number of likely N-dealkylation sites (N-methyl/N-ethyl adjacent to an activating group) is 1. The predicted octanol–water partition coefficient (Wildman–Crippen LogP) is 2.25. The highest BCUT2D eigenvalue weighted by atomic mass is 16.2. The molecule has 0 atom stereocenters. The largest absolute Gasteiger partial charge is 0.359 e. The van der Waals surface area contributed by atoms with Crippen molar-refractivity contribution in [1.29, 1.82) is 0 Å². The van der Waals surface area contributed by atoms with Gasteiger partial charge in [-0.2, -0.15) is 0 Å². The minimum Gasteiger partial charge on any atom is -0.359 e. The van der Waals surface area contributed by atoms with Gasteiger partial charge < -0.3 is 20.0 Å². The van der Waals surface area contributed by atoms with Crippen molar-refractivity contribution in [2.24, 2.45) is 0 Å². The van der Waals surface area contributed by atoms with Gasteiger partial charge in [0.15, 0.2) is 0 Å². The van der Waals surface area contributed by atoms with Crippen molar-refractivity contribution in [2.75, 3.05) is 56.5 Å². The lowest BCUT2D eigenvalue weighted by molar-refractivity contribution is -0.116. The van der Waals surface area contributed by atoms with Crippen molar-refractivity contribution in [3.8, 4) is 0 Å². The monoisotopic (exact) mass is 407 g/mol. The van der Waals surface area contributed by atoms with Crippen molar-refractivity contribution < 1.29 is 9.59 Å². The molecule has 1 saturated heterocycles. The summed E-state index contributed by atoms with van der Waals surface area (Å²) in [5, 5.41) is 3.00. The van der Waals surface area contributed by atoms with Gasteiger partial charge in [0.05, 0.1) is 17.8 Å². The predicted molar refractivity (Wildman–Crippen MR) is 118 cm³/mol. The van der Waals surface area contributed by atoms with E-state index in [4.69, 9.17) is 0 Å². The molecule has 30 heavy (non-hydrogen) atoms. The number of fused-ring (bicyclic) bond motifs is 1. The molecule has 2 amide bonds. The molecule has 0 bridgehead atoms. The summed E-state index contributed by atoms with van der Waals surface area (Å²) >= 11 is 0. The topological polar surface area (TPSA) is 68.8 Å². The lowest BCUT2D eigenvalue weighted by atomic mass is 10.1. The first-order valence-electron chi connectivity index (χ1n) is 10.7. The van der Waals surface area contributed by atoms with E-state index in [1.807, 2.05) is 11.0 Å². The van der Waals surface area contributed by atoms with Crippen molar-refractivity contribution in [1.82, 2.24) is 14.8 Å². The SMILES string of the molecule is CN1C(=O)CNc2ncc(C(=O)N3CCCN(CCCc4ccccc4)CC3)cc21. The second-order valence-electron chi connectivity index (χ2n) is 7.97. The van der Waals surface area contributed by atoms with E-state index in [0.29, 0.717) is 23.6 Å². The van der Waals surface area contributed by atoms with E-state index in [1.54, 1.807) is 24.2 Å². The maximum atomic E-state index is 13.1. The van der Waals surface area contributed by atoms with Crippen molar-refractivity contribution in [2.45, 2.75) is 19.3 Å². The smallest absolute Gasteiger partial charge is 0.255 e. The van der Waals surface area contributed by atoms with Crippen LogP contribution < -0.4 is 10.2 Å². The first kappa shape index (κ1) is 20.3. The fourth-order valence-electron chi connectivity index (χ4n) is 4.11. The third-order valence-electron chi connectivity index (χ3n) is 5.92. The summed E-state index contributed by atoms with van der Waals surface area (Å²) in [6.45, 7) is 4.65. The molecule has 0 unspecified atom stereocenters. The van der Waals surface area contributed by atoms with Crippen LogP contribution in [0.5, 0.6) is 0 Å². The van der Waals surface area contributed by atoms with Gasteiger partial charge >= 0.3 is 0 Å². The number of hydrogen-bond acceptors (Lipinski definition) is 5. The van der Waals surface area contributed by atoms with Crippen LogP contribution in [0.3, 0.4) is 0 Å². The quantitative estimate of drug-likeness (QED) is 0.823. The van der Waals surface area contributed by atoms with Gasteiger partial charge in [0.2, 0.25) is 5.91 Å². The average Bonchev–Trinajstić information content (AvgIpc) is 3.02. The van der Waals surface area contributed by atoms with Crippen LogP contribution in [0.1, 0.15) is 28.8 Å². The number of nitrogens with zero attached hydrogens (tertiary/aromatic N) is 4. The minimum absolute atomic E-state index is 0.0112. The Morgan fingerprint density at radius 3 is 2.80 bits per heavy atom. The zero-order chi connectivity index (χ0) is 20.9. The number of anilines is 2. The number of carbonyl (C=O) groups is 2. The van der Waals surface area contributed by atoms with Crippen LogP contribution in [0.4, 0.5) is 11.5 Å². The maximum Gasteiger partial charge on any atom is 0.255 e. The number of amides is 2. The van der Waals surface area contributed by atoms with E-state index >= 15 is 0 Å². The van der Waals surface area contributed by atoms with Crippen molar-refractivity contribution in [3.05, 3.63) is 53.7 Å². The molecule has 2 aromatic rings. The molecular weight excluding hydrogens is 378 g/mol. The van der Waals surface area contributed by atoms with Crippen LogP contribution in [0, 0.1) is 0 Å². The van der Waals surface area contributed by atoms with E-state index < -0.39 is 0 Å². The third kappa shape index (κ3) is 4.62. The van der Waals surface area contributed by atoms with E-state index in [0.717, 1.165) is 45.4 Å². The Labute approximate surface area is 177 Å². The summed E-state index contributed by atoms with van der Waals surface area (Å²) in [5.74, 6) is 0.604. The van der Waals surface area contributed by atoms with Gasteiger partial charge in [-0.1, -0.05) is 30.3 Å². The fraction of sp³-hybridized carbons (Fsp3) is 0.435. The number of pyridine rings is 1. The normalized spacial score (nSPS) is 17.3. The molecule has 0 radical (unpaired) electrons. The molecule has 2 aliphatic heterocycles. The molecule has 0 spiro atoms. The van der Waals surface area contributed by atoms with Gasteiger partial charge in [0.25, 0.3) is 5.91 Å². The summed E-state index contributed by atoms with van der Waals surface area (Å²) < 4.78 is 0. The first-order chi connectivity index (χ1) is 14.6. The van der Waals surface area contributed by atoms with E-state index in [-0.39, 0.29) is 18.4 Å². The standard InChI is InChI=1S/C23H29N5O2/c1-26-20-15-19(16-24-22(20)25-17-21(26)29)23(30)28-12-6-11-27(13-14-28)10-5-9-18-7-3-2-4-8-18/h2-4,7-8,15-16H,5-6,9-14,17H2,1H3,(H,24,25). The molecule has 2 aliphatic rings. The Hall–Kier alpha value is -2.93. The summed E-state index contributed by atoms with van der Waals surface area (Å²) in [6.07, 6.45) is 4.79. The van der Waals surface area contributed by atoms with E-state index in [2.05, 4.69) is 39.5 Å². The van der Waals surface area contributed by atoms with Gasteiger partial charge in [-0.25, -0.2) is 4.98 Å². The van der Waals surface area contributed by atoms with Crippen LogP contribution in [0.2, 0.25) is 0 Å². The summed E-state index contributed by atoms with van der Waals surface area (Å²) in [5.41, 5.74) is 2.58. The molecule has 0 saturated carbocycles. The Bertz CT molecular complexity index is 902. The number of aryl methyl sites for hydroxylation is 1. The summed E-state index contributed by atoms with van der Waals surface area (Å²) in [4.78, 5) is 35.3. The Morgan fingerprint density at radius 1 is 1.13 bits per heavy atom. The number of carbonyl (C=O) groups excluding carboxylic acids is 2. The number of aromatic nitrogens is 1. The number of rotatable bonds is 5. The lowest BCUT2D eigenvalue weighted by Crippen LogP contribution is -2.38. The Kier molecular flexibility index (Phi) is 6.28. The molecule has 1 N–H and O–H groups in total. The zero-order valence-electron chi connectivity index (χ0n) is 17.5. The highest BCUT2D eigenvalue weighted by molar-refractivity contribution is 6.03. The minimum atomic E-state index is -0.0326. The second kappa shape index (κ2) is 9.26. The fourth-order valence-corrected chi connectivity index (χ4v) is 4.11. The van der Waals surface area contributed by atoms with Gasteiger partial charge in [0, 0.05) is 32.9 Å². The summed E-state index contributed by atoms with van der Waals surface area (Å²) in [6, 6.07) is 12.4. The highest BCUT2D eigenvalue weighted by Gasteiger charge is 2.25. The van der Waals surface area contributed by atoms with Crippen molar-refractivity contribution in [3.63, 3.8) is 0 Å². The maximum absolute atomic E-state index is 13.1. The van der Waals surface area contributed by atoms with Crippen LogP contribution >= 0.6 is 0 Å². The molecule has 1 aromatic heterocycles. The molecule has 0 aliphatic carbocycles. The number of benzene rings is 1. The molecule has 3 heterocycles. The van der Waals surface area contributed by atoms with E-state index in [9.17, 15) is 9.59 Å². The molecule has 4 rings (SSSR count).